The molecule has 0 aliphatic heterocycles. The van der Waals surface area contributed by atoms with E-state index in [-0.39, 0.29) is 0 Å². The quantitative estimate of drug-likeness (QED) is 0.861. The van der Waals surface area contributed by atoms with E-state index in [4.69, 9.17) is 0 Å². The van der Waals surface area contributed by atoms with Gasteiger partial charge in [-0.25, -0.2) is 4.98 Å². The van der Waals surface area contributed by atoms with Gasteiger partial charge in [0.25, 0.3) is 0 Å². The number of rotatable bonds is 3. The molecule has 3 nitrogen and oxygen atoms in total. The molecule has 4 heteroatoms. The first-order valence-corrected chi connectivity index (χ1v) is 5.63. The number of hydrogen-bond acceptors (Lipinski definition) is 4. The molecular formula is C11H12N2OS. The Morgan fingerprint density at radius 1 is 1.47 bits per heavy atom. The first-order chi connectivity index (χ1) is 7.25. The minimum Gasteiger partial charge on any atom is -0.386 e. The molecule has 0 amide bonds. The summed E-state index contributed by atoms with van der Waals surface area (Å²) in [5.41, 5.74) is 1.70. The molecule has 2 rings (SSSR count). The molecule has 78 valence electrons. The Balaban J connectivity index is 2.07. The highest BCUT2D eigenvalue weighted by atomic mass is 32.1. The maximum Gasteiger partial charge on any atom is 0.102 e. The third-order valence-corrected chi connectivity index (χ3v) is 3.05. The molecule has 0 fully saturated rings. The molecule has 0 aromatic carbocycles. The van der Waals surface area contributed by atoms with Crippen LogP contribution in [0.3, 0.4) is 0 Å². The molecule has 0 saturated carbocycles. The van der Waals surface area contributed by atoms with Crippen LogP contribution in [-0.2, 0) is 6.42 Å². The number of aliphatic hydroxyl groups is 1. The Morgan fingerprint density at radius 2 is 2.33 bits per heavy atom. The van der Waals surface area contributed by atoms with E-state index in [0.29, 0.717) is 12.1 Å². The van der Waals surface area contributed by atoms with Crippen LogP contribution in [0.15, 0.2) is 29.8 Å². The van der Waals surface area contributed by atoms with Crippen molar-refractivity contribution in [3.05, 3.63) is 46.2 Å². The second-order valence-electron chi connectivity index (χ2n) is 3.36. The zero-order valence-corrected chi connectivity index (χ0v) is 9.24. The lowest BCUT2D eigenvalue weighted by molar-refractivity contribution is 0.173. The summed E-state index contributed by atoms with van der Waals surface area (Å²) in [6.45, 7) is 1.95. The Morgan fingerprint density at radius 3 is 2.93 bits per heavy atom. The fourth-order valence-electron chi connectivity index (χ4n) is 1.34. The third-order valence-electron chi connectivity index (χ3n) is 2.06. The molecule has 2 aromatic rings. The van der Waals surface area contributed by atoms with Crippen LogP contribution in [0.2, 0.25) is 0 Å². The summed E-state index contributed by atoms with van der Waals surface area (Å²) >= 11 is 1.57. The topological polar surface area (TPSA) is 46.0 Å². The van der Waals surface area contributed by atoms with Crippen molar-refractivity contribution in [2.24, 2.45) is 0 Å². The van der Waals surface area contributed by atoms with Crippen molar-refractivity contribution in [1.29, 1.82) is 0 Å². The number of nitrogens with zero attached hydrogens (tertiary/aromatic N) is 2. The Labute approximate surface area is 92.5 Å². The summed E-state index contributed by atoms with van der Waals surface area (Å²) in [4.78, 5) is 8.42. The van der Waals surface area contributed by atoms with Crippen LogP contribution < -0.4 is 0 Å². The molecule has 0 aliphatic carbocycles. The minimum atomic E-state index is -0.559. The van der Waals surface area contributed by atoms with Crippen molar-refractivity contribution >= 4 is 11.3 Å². The molecular weight excluding hydrogens is 208 g/mol. The fourth-order valence-corrected chi connectivity index (χ4v) is 2.15. The molecule has 1 unspecified atom stereocenters. The van der Waals surface area contributed by atoms with Crippen LogP contribution in [0.4, 0.5) is 0 Å². The summed E-state index contributed by atoms with van der Waals surface area (Å²) < 4.78 is 0. The average molecular weight is 220 g/mol. The van der Waals surface area contributed by atoms with E-state index in [1.807, 2.05) is 30.5 Å². The van der Waals surface area contributed by atoms with Gasteiger partial charge in [0.15, 0.2) is 0 Å². The van der Waals surface area contributed by atoms with Gasteiger partial charge in [-0.2, -0.15) is 0 Å². The number of aryl methyl sites for hydroxylation is 1. The minimum absolute atomic E-state index is 0.537. The third kappa shape index (κ3) is 2.61. The molecule has 0 spiro atoms. The molecule has 2 aromatic heterocycles. The van der Waals surface area contributed by atoms with Crippen LogP contribution in [0.1, 0.15) is 22.5 Å². The van der Waals surface area contributed by atoms with Crippen molar-refractivity contribution < 1.29 is 5.11 Å². The Kier molecular flexibility index (Phi) is 3.08. The standard InChI is InChI=1S/C11H12N2OS/c1-8-7-15-11(13-8)6-10(14)9-4-2-3-5-12-9/h2-5,7,10,14H,6H2,1H3. The molecule has 2 heterocycles. The zero-order chi connectivity index (χ0) is 10.7. The lowest BCUT2D eigenvalue weighted by Gasteiger charge is -2.06. The normalized spacial score (nSPS) is 12.7. The molecule has 0 aliphatic rings. The highest BCUT2D eigenvalue weighted by molar-refractivity contribution is 7.09. The highest BCUT2D eigenvalue weighted by Gasteiger charge is 2.11. The fraction of sp³-hybridized carbons (Fsp3) is 0.273. The largest absolute Gasteiger partial charge is 0.386 e. The van der Waals surface area contributed by atoms with Crippen LogP contribution in [0, 0.1) is 6.92 Å². The van der Waals surface area contributed by atoms with Gasteiger partial charge < -0.3 is 5.11 Å². The molecule has 1 atom stereocenters. The van der Waals surface area contributed by atoms with Crippen molar-refractivity contribution in [2.45, 2.75) is 19.4 Å². The van der Waals surface area contributed by atoms with E-state index in [9.17, 15) is 5.11 Å². The van der Waals surface area contributed by atoms with E-state index in [1.165, 1.54) is 0 Å². The summed E-state index contributed by atoms with van der Waals surface area (Å²) in [7, 11) is 0. The summed E-state index contributed by atoms with van der Waals surface area (Å²) in [6.07, 6.45) is 1.66. The predicted octanol–water partition coefficient (Wildman–Crippen LogP) is 2.12. The number of aromatic nitrogens is 2. The van der Waals surface area contributed by atoms with Gasteiger partial charge in [-0.1, -0.05) is 6.07 Å². The number of aliphatic hydroxyl groups excluding tert-OH is 1. The van der Waals surface area contributed by atoms with Gasteiger partial charge in [0.2, 0.25) is 0 Å². The SMILES string of the molecule is Cc1csc(CC(O)c2ccccn2)n1. The predicted molar refractivity (Wildman–Crippen MR) is 59.8 cm³/mol. The van der Waals surface area contributed by atoms with Crippen molar-refractivity contribution in [3.8, 4) is 0 Å². The average Bonchev–Trinajstić information content (AvgIpc) is 2.65. The van der Waals surface area contributed by atoms with Gasteiger partial charge in [0, 0.05) is 23.7 Å². The van der Waals surface area contributed by atoms with Gasteiger partial charge in [0.05, 0.1) is 10.7 Å². The molecule has 0 bridgehead atoms. The number of thiazole rings is 1. The van der Waals surface area contributed by atoms with Crippen LogP contribution in [0.25, 0.3) is 0 Å². The lowest BCUT2D eigenvalue weighted by Crippen LogP contribution is -2.03. The van der Waals surface area contributed by atoms with Crippen LogP contribution >= 0.6 is 11.3 Å². The maximum atomic E-state index is 9.89. The van der Waals surface area contributed by atoms with E-state index in [2.05, 4.69) is 9.97 Å². The number of pyridine rings is 1. The maximum absolute atomic E-state index is 9.89. The summed E-state index contributed by atoms with van der Waals surface area (Å²) in [5, 5.41) is 12.8. The van der Waals surface area contributed by atoms with E-state index < -0.39 is 6.10 Å². The monoisotopic (exact) mass is 220 g/mol. The van der Waals surface area contributed by atoms with Gasteiger partial charge in [-0.05, 0) is 19.1 Å². The number of hydrogen-bond donors (Lipinski definition) is 1. The van der Waals surface area contributed by atoms with Crippen molar-refractivity contribution in [3.63, 3.8) is 0 Å². The van der Waals surface area contributed by atoms with Crippen molar-refractivity contribution in [2.75, 3.05) is 0 Å². The van der Waals surface area contributed by atoms with E-state index in [0.717, 1.165) is 10.7 Å². The van der Waals surface area contributed by atoms with Crippen molar-refractivity contribution in [1.82, 2.24) is 9.97 Å². The van der Waals surface area contributed by atoms with Crippen LogP contribution in [-0.4, -0.2) is 15.1 Å². The summed E-state index contributed by atoms with van der Waals surface area (Å²) in [5.74, 6) is 0. The second kappa shape index (κ2) is 4.51. The molecule has 1 N–H and O–H groups in total. The van der Waals surface area contributed by atoms with Gasteiger partial charge in [-0.15, -0.1) is 11.3 Å². The first-order valence-electron chi connectivity index (χ1n) is 4.75. The lowest BCUT2D eigenvalue weighted by atomic mass is 10.2. The molecule has 0 saturated heterocycles. The van der Waals surface area contributed by atoms with E-state index >= 15 is 0 Å². The Bertz CT molecular complexity index is 427. The summed E-state index contributed by atoms with van der Waals surface area (Å²) in [6, 6.07) is 5.54. The van der Waals surface area contributed by atoms with Gasteiger partial charge >= 0.3 is 0 Å². The highest BCUT2D eigenvalue weighted by Crippen LogP contribution is 2.18. The molecule has 0 radical (unpaired) electrons. The smallest absolute Gasteiger partial charge is 0.102 e. The molecule has 15 heavy (non-hydrogen) atoms. The Hall–Kier alpha value is -1.26. The van der Waals surface area contributed by atoms with Gasteiger partial charge in [0.1, 0.15) is 6.10 Å². The van der Waals surface area contributed by atoms with Crippen LogP contribution in [0.5, 0.6) is 0 Å². The van der Waals surface area contributed by atoms with Gasteiger partial charge in [-0.3, -0.25) is 4.98 Å². The first kappa shape index (κ1) is 10.3. The second-order valence-corrected chi connectivity index (χ2v) is 4.30. The van der Waals surface area contributed by atoms with E-state index in [1.54, 1.807) is 17.5 Å². The zero-order valence-electron chi connectivity index (χ0n) is 8.42.